The third-order valence-corrected chi connectivity index (χ3v) is 7.02. The van der Waals surface area contributed by atoms with Gasteiger partial charge in [-0.2, -0.15) is 17.6 Å². The number of anilines is 1. The minimum absolute atomic E-state index is 0.00371. The van der Waals surface area contributed by atoms with E-state index in [1.54, 1.807) is 87.5 Å². The van der Waals surface area contributed by atoms with Crippen molar-refractivity contribution in [3.05, 3.63) is 95.1 Å². The number of alkyl halides is 3. The first-order valence-corrected chi connectivity index (χ1v) is 15.1. The van der Waals surface area contributed by atoms with E-state index in [2.05, 4.69) is 10.6 Å². The van der Waals surface area contributed by atoms with Crippen molar-refractivity contribution in [3.63, 3.8) is 0 Å². The van der Waals surface area contributed by atoms with E-state index < -0.39 is 30.3 Å². The molecule has 1 atom stereocenters. The number of benzene rings is 3. The van der Waals surface area contributed by atoms with E-state index in [9.17, 15) is 22.4 Å². The molecule has 0 spiro atoms. The van der Waals surface area contributed by atoms with Crippen LogP contribution in [0.5, 0.6) is 5.75 Å². The maximum atomic E-state index is 14.7. The molecule has 7 nitrogen and oxygen atoms in total. The molecule has 3 aromatic rings. The quantitative estimate of drug-likeness (QED) is 0.0843. The smallest absolute Gasteiger partial charge is 0.407 e. The molecule has 11 heteroatoms. The molecule has 1 aliphatic heterocycles. The van der Waals surface area contributed by atoms with E-state index in [0.29, 0.717) is 41.2 Å². The second-order valence-corrected chi connectivity index (χ2v) is 11.9. The summed E-state index contributed by atoms with van der Waals surface area (Å²) in [6.07, 6.45) is -4.15. The Balaban J connectivity index is 1.70. The topological polar surface area (TPSA) is 92.7 Å². The highest BCUT2D eigenvalue weighted by Crippen LogP contribution is 2.40. The molecule has 3 N–H and O–H groups in total. The fourth-order valence-electron chi connectivity index (χ4n) is 5.08. The van der Waals surface area contributed by atoms with Crippen molar-refractivity contribution < 1.29 is 36.6 Å². The Morgan fingerprint density at radius 3 is 2.26 bits per heavy atom. The average molecular weight is 642 g/mol. The maximum Gasteiger partial charge on any atom is 0.407 e. The minimum atomic E-state index is -4.55. The monoisotopic (exact) mass is 641 g/mol. The van der Waals surface area contributed by atoms with Gasteiger partial charge in [-0.05, 0) is 92.1 Å². The summed E-state index contributed by atoms with van der Waals surface area (Å²) in [4.78, 5) is 11.9. The molecule has 1 unspecified atom stereocenters. The zero-order chi connectivity index (χ0) is 33.3. The molecule has 46 heavy (non-hydrogen) atoms. The lowest BCUT2D eigenvalue weighted by molar-refractivity contribution is -0.122. The molecule has 0 aliphatic carbocycles. The molecule has 0 radical (unpaired) electrons. The number of allylic oxidation sites excluding steroid dienone is 1. The summed E-state index contributed by atoms with van der Waals surface area (Å²) in [7, 11) is 0. The molecule has 3 aromatic carbocycles. The molecule has 0 saturated carbocycles. The van der Waals surface area contributed by atoms with Crippen molar-refractivity contribution in [3.8, 4) is 5.75 Å². The number of amides is 1. The average Bonchev–Trinajstić information content (AvgIpc) is 3.00. The van der Waals surface area contributed by atoms with Gasteiger partial charge in [-0.15, -0.1) is 0 Å². The highest BCUT2D eigenvalue weighted by atomic mass is 19.4. The van der Waals surface area contributed by atoms with E-state index in [-0.39, 0.29) is 36.1 Å². The molecule has 4 rings (SSSR count). The first-order chi connectivity index (χ1) is 21.8. The Bertz CT molecular complexity index is 1510. The van der Waals surface area contributed by atoms with Gasteiger partial charge in [-0.3, -0.25) is 5.41 Å². The highest BCUT2D eigenvalue weighted by Gasteiger charge is 2.32. The van der Waals surface area contributed by atoms with E-state index in [1.165, 1.54) is 6.07 Å². The number of nitrogens with one attached hydrogen (secondary N) is 3. The summed E-state index contributed by atoms with van der Waals surface area (Å²) >= 11 is 0. The standard InChI is InChI=1S/C35H39F4N3O4/c1-34(2,3)46-33(43)41-18-20-44-26-15-12-24(13-16-26)31(28(22-35(37,38)39)23-9-5-4-6-10-23)25-14-17-29(27(21-25)32(36)40)42-30-11-7-8-19-45-30/h4-6,9-10,12-17,21,30,40,42H,7-8,11,18-20,22H2,1-3H3,(H,41,43)/b31-28+,40-32?. The van der Waals surface area contributed by atoms with E-state index in [4.69, 9.17) is 19.6 Å². The molecule has 1 heterocycles. The van der Waals surface area contributed by atoms with Crippen molar-refractivity contribution in [2.45, 2.75) is 64.5 Å². The number of rotatable bonds is 11. The number of carbonyl (C=O) groups excluding carboxylic acids is 1. The molecular weight excluding hydrogens is 602 g/mol. The molecule has 1 saturated heterocycles. The summed E-state index contributed by atoms with van der Waals surface area (Å²) < 4.78 is 73.6. The third-order valence-electron chi connectivity index (χ3n) is 7.02. The Hall–Kier alpha value is -4.38. The van der Waals surface area contributed by atoms with Crippen molar-refractivity contribution in [2.24, 2.45) is 0 Å². The van der Waals surface area contributed by atoms with Crippen LogP contribution in [0, 0.1) is 5.41 Å². The molecule has 1 aliphatic rings. The summed E-state index contributed by atoms with van der Waals surface area (Å²) in [5.74, 6) is -0.787. The largest absolute Gasteiger partial charge is 0.492 e. The number of halogens is 4. The van der Waals surface area contributed by atoms with E-state index >= 15 is 0 Å². The lowest BCUT2D eigenvalue weighted by Gasteiger charge is -2.26. The SMILES string of the molecule is CC(C)(C)OC(=O)NCCOc1ccc(/C(=C(/CC(F)(F)F)c2ccccc2)c2ccc(NC3CCCCO3)c(C(=N)F)c2)cc1. The highest BCUT2D eigenvalue weighted by molar-refractivity contribution is 6.02. The molecule has 0 aromatic heterocycles. The Kier molecular flexibility index (Phi) is 11.4. The first kappa shape index (κ1) is 34.5. The van der Waals surface area contributed by atoms with E-state index in [0.717, 1.165) is 12.8 Å². The van der Waals surface area contributed by atoms with Crippen LogP contribution in [0.3, 0.4) is 0 Å². The van der Waals surface area contributed by atoms with Crippen LogP contribution in [0.15, 0.2) is 72.8 Å². The third kappa shape index (κ3) is 10.3. The summed E-state index contributed by atoms with van der Waals surface area (Å²) in [5.41, 5.74) is 0.951. The summed E-state index contributed by atoms with van der Waals surface area (Å²) in [6, 6.07) is 19.3. The Labute approximate surface area is 266 Å². The maximum absolute atomic E-state index is 14.7. The summed E-state index contributed by atoms with van der Waals surface area (Å²) in [5, 5.41) is 13.6. The molecule has 246 valence electrons. The van der Waals surface area contributed by atoms with Gasteiger partial charge in [0.1, 0.15) is 24.2 Å². The minimum Gasteiger partial charge on any atom is -0.492 e. The fourth-order valence-corrected chi connectivity index (χ4v) is 5.08. The number of hydrogen-bond donors (Lipinski definition) is 3. The van der Waals surface area contributed by atoms with Crippen LogP contribution < -0.4 is 15.4 Å². The number of carbonyl (C=O) groups is 1. The molecule has 1 fully saturated rings. The van der Waals surface area contributed by atoms with Gasteiger partial charge >= 0.3 is 12.3 Å². The van der Waals surface area contributed by atoms with Crippen LogP contribution in [-0.4, -0.2) is 49.8 Å². The molecule has 1 amide bonds. The fraction of sp³-hybridized carbons (Fsp3) is 0.371. The molecule has 0 bridgehead atoms. The number of hydrogen-bond acceptors (Lipinski definition) is 6. The Morgan fingerprint density at radius 2 is 1.65 bits per heavy atom. The van der Waals surface area contributed by atoms with Crippen LogP contribution in [0.1, 0.15) is 68.7 Å². The number of alkyl carbamates (subject to hydrolysis) is 1. The lowest BCUT2D eigenvalue weighted by atomic mass is 9.87. The van der Waals surface area contributed by atoms with Crippen molar-refractivity contribution in [1.29, 1.82) is 5.41 Å². The van der Waals surface area contributed by atoms with Crippen LogP contribution in [0.25, 0.3) is 11.1 Å². The van der Waals surface area contributed by atoms with Gasteiger partial charge in [0, 0.05) is 12.3 Å². The predicted molar refractivity (Wildman–Crippen MR) is 171 cm³/mol. The van der Waals surface area contributed by atoms with Gasteiger partial charge in [-0.25, -0.2) is 4.79 Å². The van der Waals surface area contributed by atoms with Crippen LogP contribution >= 0.6 is 0 Å². The van der Waals surface area contributed by atoms with Crippen LogP contribution in [0.4, 0.5) is 28.0 Å². The van der Waals surface area contributed by atoms with Crippen LogP contribution in [0.2, 0.25) is 0 Å². The van der Waals surface area contributed by atoms with Gasteiger partial charge < -0.3 is 24.8 Å². The van der Waals surface area contributed by atoms with Gasteiger partial charge in [0.15, 0.2) is 0 Å². The summed E-state index contributed by atoms with van der Waals surface area (Å²) in [6.45, 7) is 6.13. The normalized spacial score (nSPS) is 15.8. The van der Waals surface area contributed by atoms with Crippen molar-refractivity contribution in [1.82, 2.24) is 5.32 Å². The van der Waals surface area contributed by atoms with Crippen molar-refractivity contribution >= 4 is 28.9 Å². The van der Waals surface area contributed by atoms with Crippen molar-refractivity contribution in [2.75, 3.05) is 25.1 Å². The van der Waals surface area contributed by atoms with Crippen LogP contribution in [-0.2, 0) is 9.47 Å². The van der Waals surface area contributed by atoms with Gasteiger partial charge in [0.05, 0.1) is 18.5 Å². The zero-order valence-electron chi connectivity index (χ0n) is 26.1. The zero-order valence-corrected chi connectivity index (χ0v) is 26.1. The van der Waals surface area contributed by atoms with E-state index in [1.807, 2.05) is 0 Å². The van der Waals surface area contributed by atoms with Gasteiger partial charge in [-0.1, -0.05) is 48.5 Å². The van der Waals surface area contributed by atoms with Gasteiger partial charge in [0.2, 0.25) is 5.97 Å². The lowest BCUT2D eigenvalue weighted by Crippen LogP contribution is -2.34. The number of ether oxygens (including phenoxy) is 3. The van der Waals surface area contributed by atoms with Gasteiger partial charge in [0.25, 0.3) is 0 Å². The first-order valence-electron chi connectivity index (χ1n) is 15.1. The predicted octanol–water partition coefficient (Wildman–Crippen LogP) is 8.73. The second kappa shape index (κ2) is 15.3. The second-order valence-electron chi connectivity index (χ2n) is 11.9. The molecular formula is C35H39F4N3O4. The Morgan fingerprint density at radius 1 is 0.957 bits per heavy atom.